The number of aromatic nitrogens is 2. The van der Waals surface area contributed by atoms with Gasteiger partial charge in [0.05, 0.1) is 30.1 Å². The summed E-state index contributed by atoms with van der Waals surface area (Å²) in [6, 6.07) is 7.46. The van der Waals surface area contributed by atoms with Crippen molar-refractivity contribution in [3.63, 3.8) is 0 Å². The quantitative estimate of drug-likeness (QED) is 0.840. The normalized spacial score (nSPS) is 10.2. The summed E-state index contributed by atoms with van der Waals surface area (Å²) in [6.45, 7) is 4.80. The van der Waals surface area contributed by atoms with E-state index in [2.05, 4.69) is 29.9 Å². The number of nitrogens with zero attached hydrogens (tertiary/aromatic N) is 3. The van der Waals surface area contributed by atoms with E-state index in [0.717, 1.165) is 11.3 Å². The van der Waals surface area contributed by atoms with Gasteiger partial charge in [-0.2, -0.15) is 5.26 Å². The fourth-order valence-corrected chi connectivity index (χ4v) is 1.62. The van der Waals surface area contributed by atoms with Crippen LogP contribution in [0.4, 0.5) is 0 Å². The van der Waals surface area contributed by atoms with Crippen molar-refractivity contribution in [3.05, 3.63) is 42.4 Å². The first-order valence-electron chi connectivity index (χ1n) is 6.14. The maximum absolute atomic E-state index is 8.99. The van der Waals surface area contributed by atoms with Crippen molar-refractivity contribution in [2.75, 3.05) is 6.61 Å². The highest BCUT2D eigenvalue weighted by molar-refractivity contribution is 5.68. The van der Waals surface area contributed by atoms with Gasteiger partial charge in [-0.3, -0.25) is 9.97 Å². The Kier molecular flexibility index (Phi) is 4.09. The predicted octanol–water partition coefficient (Wildman–Crippen LogP) is 3.05. The third-order valence-electron chi connectivity index (χ3n) is 2.52. The van der Waals surface area contributed by atoms with E-state index in [1.807, 2.05) is 6.07 Å². The molecule has 0 fully saturated rings. The molecule has 0 saturated carbocycles. The van der Waals surface area contributed by atoms with Crippen LogP contribution in [0.5, 0.6) is 5.75 Å². The Balaban J connectivity index is 2.41. The largest absolute Gasteiger partial charge is 0.493 e. The molecule has 0 bridgehead atoms. The third kappa shape index (κ3) is 3.29. The molecule has 1 heterocycles. The summed E-state index contributed by atoms with van der Waals surface area (Å²) in [5.41, 5.74) is 2.09. The van der Waals surface area contributed by atoms with Crippen molar-refractivity contribution in [2.24, 2.45) is 5.92 Å². The molecule has 2 aromatic rings. The molecule has 0 spiro atoms. The van der Waals surface area contributed by atoms with Crippen LogP contribution >= 0.6 is 0 Å². The van der Waals surface area contributed by atoms with Gasteiger partial charge in [-0.25, -0.2) is 0 Å². The van der Waals surface area contributed by atoms with E-state index in [0.29, 0.717) is 23.8 Å². The van der Waals surface area contributed by atoms with E-state index in [1.165, 1.54) is 0 Å². The molecule has 1 aromatic carbocycles. The molecule has 4 nitrogen and oxygen atoms in total. The summed E-state index contributed by atoms with van der Waals surface area (Å²) in [5.74, 6) is 1.17. The molecular formula is C15H15N3O. The van der Waals surface area contributed by atoms with Crippen LogP contribution in [0.3, 0.4) is 0 Å². The average molecular weight is 253 g/mol. The highest BCUT2D eigenvalue weighted by Crippen LogP contribution is 2.29. The second kappa shape index (κ2) is 5.96. The number of benzene rings is 1. The van der Waals surface area contributed by atoms with Crippen molar-refractivity contribution in [3.8, 4) is 23.1 Å². The van der Waals surface area contributed by atoms with E-state index in [9.17, 15) is 0 Å². The molecule has 0 amide bonds. The van der Waals surface area contributed by atoms with Gasteiger partial charge in [0.2, 0.25) is 0 Å². The van der Waals surface area contributed by atoms with Gasteiger partial charge in [-0.05, 0) is 24.1 Å². The number of ether oxygens (including phenoxy) is 1. The predicted molar refractivity (Wildman–Crippen MR) is 72.5 cm³/mol. The van der Waals surface area contributed by atoms with Crippen LogP contribution in [-0.2, 0) is 0 Å². The van der Waals surface area contributed by atoms with Gasteiger partial charge < -0.3 is 4.74 Å². The fourth-order valence-electron chi connectivity index (χ4n) is 1.62. The van der Waals surface area contributed by atoms with Crippen molar-refractivity contribution < 1.29 is 4.74 Å². The van der Waals surface area contributed by atoms with E-state index in [4.69, 9.17) is 10.00 Å². The van der Waals surface area contributed by atoms with Crippen molar-refractivity contribution in [1.82, 2.24) is 9.97 Å². The van der Waals surface area contributed by atoms with Gasteiger partial charge in [-0.1, -0.05) is 13.8 Å². The standard InChI is InChI=1S/C15H15N3O/c1-11(2)10-19-15-4-3-12(8-16)7-13(15)14-9-17-5-6-18-14/h3-7,9,11H,10H2,1-2H3. The van der Waals surface area contributed by atoms with E-state index in [-0.39, 0.29) is 0 Å². The van der Waals surface area contributed by atoms with Crippen LogP contribution in [-0.4, -0.2) is 16.6 Å². The zero-order valence-corrected chi connectivity index (χ0v) is 11.0. The molecular weight excluding hydrogens is 238 g/mol. The number of nitriles is 1. The summed E-state index contributed by atoms with van der Waals surface area (Å²) >= 11 is 0. The first-order valence-corrected chi connectivity index (χ1v) is 6.14. The minimum atomic E-state index is 0.436. The van der Waals surface area contributed by atoms with Gasteiger partial charge in [0.15, 0.2) is 0 Å². The lowest BCUT2D eigenvalue weighted by Crippen LogP contribution is -2.05. The SMILES string of the molecule is CC(C)COc1ccc(C#N)cc1-c1cnccn1. The van der Waals surface area contributed by atoms with Crippen LogP contribution in [0.1, 0.15) is 19.4 Å². The topological polar surface area (TPSA) is 58.8 Å². The Morgan fingerprint density at radius 2 is 2.16 bits per heavy atom. The Morgan fingerprint density at radius 1 is 1.32 bits per heavy atom. The minimum Gasteiger partial charge on any atom is -0.493 e. The Labute approximate surface area is 112 Å². The highest BCUT2D eigenvalue weighted by Gasteiger charge is 2.10. The summed E-state index contributed by atoms with van der Waals surface area (Å²) in [6.07, 6.45) is 4.91. The van der Waals surface area contributed by atoms with E-state index >= 15 is 0 Å². The van der Waals surface area contributed by atoms with Crippen LogP contribution in [0.2, 0.25) is 0 Å². The molecule has 0 radical (unpaired) electrons. The molecule has 1 aromatic heterocycles. The molecule has 0 unspecified atom stereocenters. The number of hydrogen-bond donors (Lipinski definition) is 0. The second-order valence-electron chi connectivity index (χ2n) is 4.62. The molecule has 96 valence electrons. The smallest absolute Gasteiger partial charge is 0.128 e. The zero-order chi connectivity index (χ0) is 13.7. The van der Waals surface area contributed by atoms with Gasteiger partial charge in [0.25, 0.3) is 0 Å². The molecule has 0 aliphatic rings. The lowest BCUT2D eigenvalue weighted by molar-refractivity contribution is 0.272. The van der Waals surface area contributed by atoms with Crippen LogP contribution < -0.4 is 4.74 Å². The van der Waals surface area contributed by atoms with Crippen LogP contribution in [0, 0.1) is 17.2 Å². The first-order chi connectivity index (χ1) is 9.20. The lowest BCUT2D eigenvalue weighted by atomic mass is 10.1. The Morgan fingerprint density at radius 3 is 2.79 bits per heavy atom. The third-order valence-corrected chi connectivity index (χ3v) is 2.52. The Bertz CT molecular complexity index is 588. The average Bonchev–Trinajstić information content (AvgIpc) is 2.46. The molecule has 2 rings (SSSR count). The molecule has 0 aliphatic heterocycles. The van der Waals surface area contributed by atoms with E-state index in [1.54, 1.807) is 30.7 Å². The maximum atomic E-state index is 8.99. The molecule has 0 atom stereocenters. The first kappa shape index (κ1) is 13.0. The van der Waals surface area contributed by atoms with Gasteiger partial charge >= 0.3 is 0 Å². The van der Waals surface area contributed by atoms with E-state index < -0.39 is 0 Å². The zero-order valence-electron chi connectivity index (χ0n) is 11.0. The summed E-state index contributed by atoms with van der Waals surface area (Å²) in [4.78, 5) is 8.31. The lowest BCUT2D eigenvalue weighted by Gasteiger charge is -2.12. The van der Waals surface area contributed by atoms with Crippen LogP contribution in [0.15, 0.2) is 36.8 Å². The van der Waals surface area contributed by atoms with Crippen molar-refractivity contribution in [1.29, 1.82) is 5.26 Å². The molecule has 0 aliphatic carbocycles. The number of rotatable bonds is 4. The van der Waals surface area contributed by atoms with Gasteiger partial charge in [-0.15, -0.1) is 0 Å². The molecule has 0 saturated heterocycles. The van der Waals surface area contributed by atoms with Gasteiger partial charge in [0.1, 0.15) is 5.75 Å². The molecule has 0 N–H and O–H groups in total. The minimum absolute atomic E-state index is 0.436. The van der Waals surface area contributed by atoms with Crippen molar-refractivity contribution >= 4 is 0 Å². The van der Waals surface area contributed by atoms with Gasteiger partial charge in [0, 0.05) is 18.0 Å². The number of hydrogen-bond acceptors (Lipinski definition) is 4. The monoisotopic (exact) mass is 253 g/mol. The second-order valence-corrected chi connectivity index (χ2v) is 4.62. The maximum Gasteiger partial charge on any atom is 0.128 e. The molecule has 4 heteroatoms. The van der Waals surface area contributed by atoms with Crippen LogP contribution in [0.25, 0.3) is 11.3 Å². The fraction of sp³-hybridized carbons (Fsp3) is 0.267. The van der Waals surface area contributed by atoms with Crippen molar-refractivity contribution in [2.45, 2.75) is 13.8 Å². The summed E-state index contributed by atoms with van der Waals surface area (Å²) < 4.78 is 5.78. The summed E-state index contributed by atoms with van der Waals surface area (Å²) in [5, 5.41) is 8.99. The summed E-state index contributed by atoms with van der Waals surface area (Å²) in [7, 11) is 0. The Hall–Kier alpha value is -2.41. The molecule has 19 heavy (non-hydrogen) atoms. The highest BCUT2D eigenvalue weighted by atomic mass is 16.5.